The van der Waals surface area contributed by atoms with Crippen molar-refractivity contribution >= 4 is 12.2 Å². The summed E-state index contributed by atoms with van der Waals surface area (Å²) in [5, 5.41) is 2.82. The molecule has 2 rings (SSSR count). The molecule has 0 aliphatic heterocycles. The van der Waals surface area contributed by atoms with Crippen LogP contribution < -0.4 is 5.32 Å². The number of hydrogen-bond donors (Lipinski definition) is 1. The SMILES string of the molecule is CC(C)(C)c1ccc(C(=O)N[C@@H](C=O)CCCc2ccccc2)cc1. The fourth-order valence-electron chi connectivity index (χ4n) is 2.72. The smallest absolute Gasteiger partial charge is 0.251 e. The van der Waals surface area contributed by atoms with Crippen molar-refractivity contribution in [3.8, 4) is 0 Å². The zero-order valence-corrected chi connectivity index (χ0v) is 15.3. The maximum absolute atomic E-state index is 12.3. The summed E-state index contributed by atoms with van der Waals surface area (Å²) in [6.07, 6.45) is 3.23. The topological polar surface area (TPSA) is 46.2 Å². The maximum atomic E-state index is 12.3. The number of hydrogen-bond acceptors (Lipinski definition) is 2. The largest absolute Gasteiger partial charge is 0.343 e. The Hall–Kier alpha value is -2.42. The number of carbonyl (C=O) groups excluding carboxylic acids is 2. The molecule has 0 fully saturated rings. The van der Waals surface area contributed by atoms with Gasteiger partial charge in [0.2, 0.25) is 0 Å². The third-order valence-electron chi connectivity index (χ3n) is 4.32. The van der Waals surface area contributed by atoms with Crippen molar-refractivity contribution in [2.75, 3.05) is 0 Å². The van der Waals surface area contributed by atoms with Gasteiger partial charge in [0, 0.05) is 5.56 Å². The Morgan fingerprint density at radius 1 is 1.04 bits per heavy atom. The van der Waals surface area contributed by atoms with Crippen LogP contribution in [0.2, 0.25) is 0 Å². The van der Waals surface area contributed by atoms with Crippen LogP contribution in [0.5, 0.6) is 0 Å². The molecule has 2 aromatic rings. The molecule has 0 bridgehead atoms. The van der Waals surface area contributed by atoms with Crippen molar-refractivity contribution in [1.29, 1.82) is 0 Å². The number of aldehydes is 1. The van der Waals surface area contributed by atoms with Gasteiger partial charge in [-0.3, -0.25) is 4.79 Å². The maximum Gasteiger partial charge on any atom is 0.251 e. The summed E-state index contributed by atoms with van der Waals surface area (Å²) in [7, 11) is 0. The number of amides is 1. The first-order chi connectivity index (χ1) is 11.9. The van der Waals surface area contributed by atoms with E-state index >= 15 is 0 Å². The standard InChI is InChI=1S/C22H27NO2/c1-22(2,3)19-14-12-18(13-15-19)21(25)23-20(16-24)11-7-10-17-8-5-4-6-9-17/h4-6,8-9,12-16,20H,7,10-11H2,1-3H3,(H,23,25)/t20-/m1/s1. The highest BCUT2D eigenvalue weighted by Crippen LogP contribution is 2.22. The molecule has 3 heteroatoms. The van der Waals surface area contributed by atoms with Gasteiger partial charge in [-0.1, -0.05) is 63.2 Å². The van der Waals surface area contributed by atoms with Crippen molar-refractivity contribution in [3.05, 3.63) is 71.3 Å². The molecule has 0 saturated carbocycles. The zero-order valence-electron chi connectivity index (χ0n) is 15.3. The van der Waals surface area contributed by atoms with Gasteiger partial charge in [-0.15, -0.1) is 0 Å². The molecule has 0 aromatic heterocycles. The van der Waals surface area contributed by atoms with Crippen molar-refractivity contribution in [3.63, 3.8) is 0 Å². The van der Waals surface area contributed by atoms with Crippen molar-refractivity contribution in [1.82, 2.24) is 5.32 Å². The highest BCUT2D eigenvalue weighted by Gasteiger charge is 2.16. The zero-order chi connectivity index (χ0) is 18.3. The molecule has 0 aliphatic rings. The Labute approximate surface area is 150 Å². The quantitative estimate of drug-likeness (QED) is 0.766. The molecule has 25 heavy (non-hydrogen) atoms. The van der Waals surface area contributed by atoms with Gasteiger partial charge < -0.3 is 10.1 Å². The summed E-state index contributed by atoms with van der Waals surface area (Å²) in [6.45, 7) is 6.41. The number of nitrogens with one attached hydrogen (secondary N) is 1. The first kappa shape index (κ1) is 18.9. The molecule has 2 aromatic carbocycles. The second-order valence-corrected chi connectivity index (χ2v) is 7.42. The molecule has 1 atom stereocenters. The third-order valence-corrected chi connectivity index (χ3v) is 4.32. The summed E-state index contributed by atoms with van der Waals surface area (Å²) in [4.78, 5) is 23.6. The molecule has 3 nitrogen and oxygen atoms in total. The molecule has 0 spiro atoms. The van der Waals surface area contributed by atoms with E-state index in [0.717, 1.165) is 19.1 Å². The van der Waals surface area contributed by atoms with Crippen molar-refractivity contribution < 1.29 is 9.59 Å². The lowest BCUT2D eigenvalue weighted by Crippen LogP contribution is -2.36. The van der Waals surface area contributed by atoms with Gasteiger partial charge in [0.25, 0.3) is 5.91 Å². The van der Waals surface area contributed by atoms with Crippen LogP contribution in [-0.2, 0) is 16.6 Å². The van der Waals surface area contributed by atoms with Gasteiger partial charge >= 0.3 is 0 Å². The van der Waals surface area contributed by atoms with E-state index in [2.05, 4.69) is 38.2 Å². The summed E-state index contributed by atoms with van der Waals surface area (Å²) in [5.41, 5.74) is 3.07. The molecule has 0 heterocycles. The number of benzene rings is 2. The highest BCUT2D eigenvalue weighted by molar-refractivity contribution is 5.95. The van der Waals surface area contributed by atoms with Crippen LogP contribution in [0.4, 0.5) is 0 Å². The molecule has 0 unspecified atom stereocenters. The average Bonchev–Trinajstić information content (AvgIpc) is 2.61. The van der Waals surface area contributed by atoms with Gasteiger partial charge in [0.05, 0.1) is 6.04 Å². The lowest BCUT2D eigenvalue weighted by Gasteiger charge is -2.19. The van der Waals surface area contributed by atoms with E-state index in [1.165, 1.54) is 11.1 Å². The molecule has 0 aliphatic carbocycles. The third kappa shape index (κ3) is 5.86. The molecular weight excluding hydrogens is 310 g/mol. The van der Waals surface area contributed by atoms with Gasteiger partial charge in [-0.05, 0) is 47.9 Å². The van der Waals surface area contributed by atoms with Gasteiger partial charge in [-0.2, -0.15) is 0 Å². The summed E-state index contributed by atoms with van der Waals surface area (Å²) >= 11 is 0. The van der Waals surface area contributed by atoms with Crippen LogP contribution in [0.15, 0.2) is 54.6 Å². The Bertz CT molecular complexity index is 684. The first-order valence-corrected chi connectivity index (χ1v) is 8.81. The van der Waals surface area contributed by atoms with Crippen LogP contribution in [-0.4, -0.2) is 18.2 Å². The molecule has 1 N–H and O–H groups in total. The van der Waals surface area contributed by atoms with E-state index < -0.39 is 6.04 Å². The molecule has 0 saturated heterocycles. The Kier molecular flexibility index (Phi) is 6.51. The number of carbonyl (C=O) groups is 2. The predicted octanol–water partition coefficient (Wildman–Crippen LogP) is 4.30. The summed E-state index contributed by atoms with van der Waals surface area (Å²) in [5.74, 6) is -0.197. The van der Waals surface area contributed by atoms with Crippen LogP contribution in [0, 0.1) is 0 Å². The monoisotopic (exact) mass is 337 g/mol. The second-order valence-electron chi connectivity index (χ2n) is 7.42. The van der Waals surface area contributed by atoms with Crippen LogP contribution in [0.1, 0.15) is 55.1 Å². The first-order valence-electron chi connectivity index (χ1n) is 8.81. The minimum atomic E-state index is -0.446. The van der Waals surface area contributed by atoms with Gasteiger partial charge in [0.15, 0.2) is 0 Å². The van der Waals surface area contributed by atoms with Crippen LogP contribution in [0.25, 0.3) is 0 Å². The molecule has 132 valence electrons. The van der Waals surface area contributed by atoms with E-state index in [4.69, 9.17) is 0 Å². The molecular formula is C22H27NO2. The second kappa shape index (κ2) is 8.61. The van der Waals surface area contributed by atoms with Gasteiger partial charge in [-0.25, -0.2) is 0 Å². The van der Waals surface area contributed by atoms with Crippen LogP contribution >= 0.6 is 0 Å². The van der Waals surface area contributed by atoms with Gasteiger partial charge in [0.1, 0.15) is 6.29 Å². The van der Waals surface area contributed by atoms with E-state index in [1.54, 1.807) is 0 Å². The Morgan fingerprint density at radius 2 is 1.68 bits per heavy atom. The predicted molar refractivity (Wildman–Crippen MR) is 102 cm³/mol. The molecule has 0 radical (unpaired) electrons. The van der Waals surface area contributed by atoms with E-state index in [1.807, 2.05) is 42.5 Å². The Morgan fingerprint density at radius 3 is 2.24 bits per heavy atom. The fraction of sp³-hybridized carbons (Fsp3) is 0.364. The fourth-order valence-corrected chi connectivity index (χ4v) is 2.72. The van der Waals surface area contributed by atoms with E-state index in [0.29, 0.717) is 12.0 Å². The van der Waals surface area contributed by atoms with E-state index in [-0.39, 0.29) is 11.3 Å². The highest BCUT2D eigenvalue weighted by atomic mass is 16.2. The number of rotatable bonds is 7. The molecule has 1 amide bonds. The summed E-state index contributed by atoms with van der Waals surface area (Å²) < 4.78 is 0. The van der Waals surface area contributed by atoms with Crippen molar-refractivity contribution in [2.24, 2.45) is 0 Å². The average molecular weight is 337 g/mol. The minimum Gasteiger partial charge on any atom is -0.343 e. The number of aryl methyl sites for hydroxylation is 1. The van der Waals surface area contributed by atoms with Crippen molar-refractivity contribution in [2.45, 2.75) is 51.5 Å². The summed E-state index contributed by atoms with van der Waals surface area (Å²) in [6, 6.07) is 17.3. The Balaban J connectivity index is 1.87. The lowest BCUT2D eigenvalue weighted by molar-refractivity contribution is -0.109. The normalized spacial score (nSPS) is 12.4. The van der Waals surface area contributed by atoms with Crippen LogP contribution in [0.3, 0.4) is 0 Å². The van der Waals surface area contributed by atoms with E-state index in [9.17, 15) is 9.59 Å². The lowest BCUT2D eigenvalue weighted by atomic mass is 9.86. The minimum absolute atomic E-state index is 0.0533.